The van der Waals surface area contributed by atoms with Gasteiger partial charge in [-0.2, -0.15) is 13.9 Å². The molecule has 0 spiro atoms. The summed E-state index contributed by atoms with van der Waals surface area (Å²) < 4.78 is 36.6. The summed E-state index contributed by atoms with van der Waals surface area (Å²) in [6.45, 7) is -0.450. The number of aromatic nitrogens is 2. The summed E-state index contributed by atoms with van der Waals surface area (Å²) in [6.07, 6.45) is 5.68. The minimum absolute atomic E-state index is 0. The summed E-state index contributed by atoms with van der Waals surface area (Å²) >= 11 is 0. The molecule has 1 aromatic carbocycles. The Kier molecular flexibility index (Phi) is 9.12. The first-order valence-electron chi connectivity index (χ1n) is 9.56. The molecule has 1 aromatic heterocycles. The minimum atomic E-state index is -2.89. The Bertz CT molecular complexity index is 846. The highest BCUT2D eigenvalue weighted by molar-refractivity contribution is 14.0. The lowest BCUT2D eigenvalue weighted by Gasteiger charge is -2.21. The molecule has 0 amide bonds. The van der Waals surface area contributed by atoms with E-state index >= 15 is 0 Å². The molecule has 1 aliphatic heterocycles. The number of benzene rings is 1. The van der Waals surface area contributed by atoms with Gasteiger partial charge in [-0.05, 0) is 36.1 Å². The van der Waals surface area contributed by atoms with Gasteiger partial charge in [-0.3, -0.25) is 9.67 Å². The molecule has 1 N–H and O–H groups in total. The number of methoxy groups -OCH3 is 1. The van der Waals surface area contributed by atoms with E-state index in [9.17, 15) is 8.78 Å². The summed E-state index contributed by atoms with van der Waals surface area (Å²) in [4.78, 5) is 6.62. The van der Waals surface area contributed by atoms with Crippen molar-refractivity contribution >= 4 is 29.9 Å². The first kappa shape index (κ1) is 24.2. The predicted octanol–water partition coefficient (Wildman–Crippen LogP) is 3.26. The second-order valence-corrected chi connectivity index (χ2v) is 6.97. The van der Waals surface area contributed by atoms with Gasteiger partial charge in [0.25, 0.3) is 0 Å². The number of likely N-dealkylation sites (tertiary alicyclic amines) is 1. The maximum Gasteiger partial charge on any atom is 0.387 e. The SMILES string of the molecule is CN=C(NCCc1ccc(OC)c(OC(F)F)c1)N1CCC(c2cnn(C)c2)C1.I. The van der Waals surface area contributed by atoms with E-state index < -0.39 is 6.61 Å². The highest BCUT2D eigenvalue weighted by Gasteiger charge is 2.26. The number of aryl methyl sites for hydroxylation is 1. The van der Waals surface area contributed by atoms with E-state index in [0.717, 1.165) is 31.0 Å². The van der Waals surface area contributed by atoms with Crippen LogP contribution >= 0.6 is 24.0 Å². The van der Waals surface area contributed by atoms with E-state index in [-0.39, 0.29) is 35.5 Å². The van der Waals surface area contributed by atoms with Crippen LogP contribution in [0.25, 0.3) is 0 Å². The van der Waals surface area contributed by atoms with Crippen LogP contribution in [0.5, 0.6) is 11.5 Å². The number of halogens is 3. The van der Waals surface area contributed by atoms with Crippen molar-refractivity contribution in [2.45, 2.75) is 25.4 Å². The fourth-order valence-electron chi connectivity index (χ4n) is 3.59. The van der Waals surface area contributed by atoms with Gasteiger partial charge in [0.2, 0.25) is 0 Å². The largest absolute Gasteiger partial charge is 0.493 e. The van der Waals surface area contributed by atoms with E-state index in [1.165, 1.54) is 12.7 Å². The van der Waals surface area contributed by atoms with Crippen molar-refractivity contribution < 1.29 is 18.3 Å². The summed E-state index contributed by atoms with van der Waals surface area (Å²) in [7, 11) is 5.11. The molecule has 0 radical (unpaired) electrons. The number of nitrogens with one attached hydrogen (secondary N) is 1. The van der Waals surface area contributed by atoms with Gasteiger partial charge >= 0.3 is 6.61 Å². The lowest BCUT2D eigenvalue weighted by Crippen LogP contribution is -2.40. The number of hydrogen-bond donors (Lipinski definition) is 1. The first-order chi connectivity index (χ1) is 14.0. The number of alkyl halides is 2. The maximum atomic E-state index is 12.6. The van der Waals surface area contributed by atoms with E-state index in [0.29, 0.717) is 18.9 Å². The third kappa shape index (κ3) is 6.19. The van der Waals surface area contributed by atoms with Gasteiger partial charge in [0.15, 0.2) is 17.5 Å². The smallest absolute Gasteiger partial charge is 0.387 e. The van der Waals surface area contributed by atoms with Crippen LogP contribution in [-0.4, -0.2) is 61.0 Å². The molecule has 166 valence electrons. The van der Waals surface area contributed by atoms with Gasteiger partial charge in [0.1, 0.15) is 0 Å². The second-order valence-electron chi connectivity index (χ2n) is 6.97. The van der Waals surface area contributed by atoms with Gasteiger partial charge < -0.3 is 19.7 Å². The lowest BCUT2D eigenvalue weighted by atomic mass is 10.0. The van der Waals surface area contributed by atoms with Crippen molar-refractivity contribution in [3.05, 3.63) is 41.7 Å². The molecular weight excluding hydrogens is 507 g/mol. The predicted molar refractivity (Wildman–Crippen MR) is 122 cm³/mol. The van der Waals surface area contributed by atoms with Crippen molar-refractivity contribution in [2.75, 3.05) is 33.8 Å². The number of ether oxygens (including phenoxy) is 2. The lowest BCUT2D eigenvalue weighted by molar-refractivity contribution is -0.0512. The van der Waals surface area contributed by atoms with Crippen molar-refractivity contribution in [1.29, 1.82) is 0 Å². The topological polar surface area (TPSA) is 63.9 Å². The Labute approximate surface area is 192 Å². The van der Waals surface area contributed by atoms with Crippen LogP contribution in [0.4, 0.5) is 8.78 Å². The molecule has 1 saturated heterocycles. The first-order valence-corrected chi connectivity index (χ1v) is 9.56. The molecule has 2 heterocycles. The third-order valence-electron chi connectivity index (χ3n) is 5.04. The molecule has 0 bridgehead atoms. The highest BCUT2D eigenvalue weighted by atomic mass is 127. The third-order valence-corrected chi connectivity index (χ3v) is 5.04. The number of hydrogen-bond acceptors (Lipinski definition) is 4. The Morgan fingerprint density at radius 3 is 2.80 bits per heavy atom. The Morgan fingerprint density at radius 2 is 2.17 bits per heavy atom. The average Bonchev–Trinajstić information content (AvgIpc) is 3.34. The standard InChI is InChI=1S/C20H27F2N5O2.HI/c1-23-20(27-9-7-15(13-27)16-11-25-26(2)12-16)24-8-6-14-4-5-17(28-3)18(10-14)29-19(21)22;/h4-5,10-12,15,19H,6-9,13H2,1-3H3,(H,23,24);1H. The number of guanidine groups is 1. The van der Waals surface area contributed by atoms with Gasteiger partial charge in [-0.25, -0.2) is 0 Å². The van der Waals surface area contributed by atoms with Crippen molar-refractivity contribution in [3.63, 3.8) is 0 Å². The summed E-state index contributed by atoms with van der Waals surface area (Å²) in [6, 6.07) is 5.07. The van der Waals surface area contributed by atoms with E-state index in [1.54, 1.807) is 19.2 Å². The van der Waals surface area contributed by atoms with E-state index in [4.69, 9.17) is 4.74 Å². The summed E-state index contributed by atoms with van der Waals surface area (Å²) in [5, 5.41) is 7.62. The fourth-order valence-corrected chi connectivity index (χ4v) is 3.59. The van der Waals surface area contributed by atoms with Crippen molar-refractivity contribution in [2.24, 2.45) is 12.0 Å². The van der Waals surface area contributed by atoms with Gasteiger partial charge in [-0.1, -0.05) is 6.07 Å². The highest BCUT2D eigenvalue weighted by Crippen LogP contribution is 2.30. The van der Waals surface area contributed by atoms with Crippen molar-refractivity contribution in [3.8, 4) is 11.5 Å². The molecule has 10 heteroatoms. The van der Waals surface area contributed by atoms with Crippen LogP contribution in [0, 0.1) is 0 Å². The molecule has 1 aliphatic rings. The molecule has 0 saturated carbocycles. The zero-order chi connectivity index (χ0) is 20.8. The minimum Gasteiger partial charge on any atom is -0.493 e. The maximum absolute atomic E-state index is 12.6. The number of nitrogens with zero attached hydrogens (tertiary/aromatic N) is 4. The second kappa shape index (κ2) is 11.3. The van der Waals surface area contributed by atoms with Crippen molar-refractivity contribution in [1.82, 2.24) is 20.0 Å². The van der Waals surface area contributed by atoms with Crippen LogP contribution in [0.3, 0.4) is 0 Å². The average molecular weight is 535 g/mol. The zero-order valence-electron chi connectivity index (χ0n) is 17.3. The Balaban J connectivity index is 0.00000320. The molecule has 1 fully saturated rings. The van der Waals surface area contributed by atoms with Crippen LogP contribution in [0.1, 0.15) is 23.5 Å². The summed E-state index contributed by atoms with van der Waals surface area (Å²) in [5.41, 5.74) is 2.12. The fraction of sp³-hybridized carbons (Fsp3) is 0.500. The molecule has 1 unspecified atom stereocenters. The quantitative estimate of drug-likeness (QED) is 0.335. The van der Waals surface area contributed by atoms with Crippen LogP contribution in [0.2, 0.25) is 0 Å². The molecule has 2 aromatic rings. The molecular formula is C20H28F2IN5O2. The normalized spacial score (nSPS) is 16.5. The van der Waals surface area contributed by atoms with Crippen LogP contribution in [0.15, 0.2) is 35.6 Å². The van der Waals surface area contributed by atoms with Gasteiger partial charge in [0.05, 0.1) is 13.3 Å². The zero-order valence-corrected chi connectivity index (χ0v) is 19.7. The van der Waals surface area contributed by atoms with Crippen LogP contribution in [-0.2, 0) is 13.5 Å². The monoisotopic (exact) mass is 535 g/mol. The molecule has 30 heavy (non-hydrogen) atoms. The molecule has 0 aliphatic carbocycles. The molecule has 7 nitrogen and oxygen atoms in total. The summed E-state index contributed by atoms with van der Waals surface area (Å²) in [5.74, 6) is 1.62. The van der Waals surface area contributed by atoms with E-state index in [2.05, 4.69) is 31.2 Å². The number of aliphatic imine (C=N–C) groups is 1. The molecule has 1 atom stereocenters. The van der Waals surface area contributed by atoms with E-state index in [1.807, 2.05) is 24.0 Å². The Hall–Kier alpha value is -2.11. The van der Waals surface area contributed by atoms with Gasteiger partial charge in [0, 0.05) is 45.8 Å². The van der Waals surface area contributed by atoms with Crippen LogP contribution < -0.4 is 14.8 Å². The number of rotatable bonds is 7. The Morgan fingerprint density at radius 1 is 1.37 bits per heavy atom. The molecule has 3 rings (SSSR count). The van der Waals surface area contributed by atoms with Gasteiger partial charge in [-0.15, -0.1) is 24.0 Å².